The molecule has 6 aromatic heterocycles. The number of hydrogen-bond donors (Lipinski definition) is 7. The zero-order valence-electron chi connectivity index (χ0n) is 31.6. The molecule has 8 N–H and O–H groups in total. The van der Waals surface area contributed by atoms with Crippen LogP contribution >= 0.6 is 23.1 Å². The van der Waals surface area contributed by atoms with Gasteiger partial charge in [0.2, 0.25) is 10.9 Å². The Balaban J connectivity index is 0.000000204. The lowest BCUT2D eigenvalue weighted by molar-refractivity contribution is 0.0695. The molecule has 15 heteroatoms. The third-order valence-corrected chi connectivity index (χ3v) is 10.8. The van der Waals surface area contributed by atoms with E-state index in [0.717, 1.165) is 33.6 Å². The first-order chi connectivity index (χ1) is 25.8. The molecule has 8 aromatic rings. The van der Waals surface area contributed by atoms with Crippen molar-refractivity contribution in [2.75, 3.05) is 11.1 Å². The van der Waals surface area contributed by atoms with Crippen LogP contribution in [-0.2, 0) is 10.8 Å². The van der Waals surface area contributed by atoms with E-state index < -0.39 is 17.3 Å². The summed E-state index contributed by atoms with van der Waals surface area (Å²) in [4.78, 5) is 61.1. The topological polar surface area (TPSA) is 215 Å². The number of aromatic nitrogens is 6. The lowest BCUT2D eigenvalue weighted by Gasteiger charge is -2.17. The van der Waals surface area contributed by atoms with E-state index in [9.17, 15) is 19.2 Å². The zero-order valence-corrected chi connectivity index (χ0v) is 33.3. The Morgan fingerprint density at radius 3 is 1.63 bits per heavy atom. The Morgan fingerprint density at radius 1 is 0.684 bits per heavy atom. The molecule has 0 radical (unpaired) electrons. The lowest BCUT2D eigenvalue weighted by atomic mass is 9.87. The molecular formula is C42H50N8O5S2. The Morgan fingerprint density at radius 2 is 1.14 bits per heavy atom. The highest BCUT2D eigenvalue weighted by Crippen LogP contribution is 2.32. The number of nitrogen functional groups attached to an aromatic ring is 1. The molecule has 0 spiro atoms. The highest BCUT2D eigenvalue weighted by Gasteiger charge is 2.21. The first-order valence-corrected chi connectivity index (χ1v) is 18.9. The van der Waals surface area contributed by atoms with E-state index in [1.807, 2.05) is 36.5 Å². The van der Waals surface area contributed by atoms with Crippen LogP contribution in [0.2, 0.25) is 0 Å². The van der Waals surface area contributed by atoms with Crippen molar-refractivity contribution in [3.05, 3.63) is 115 Å². The average Bonchev–Trinajstić information content (AvgIpc) is 3.90. The predicted molar refractivity (Wildman–Crippen MR) is 237 cm³/mol. The van der Waals surface area contributed by atoms with Gasteiger partial charge in [-0.05, 0) is 83.1 Å². The molecule has 6 heterocycles. The first-order valence-electron chi connectivity index (χ1n) is 17.3. The number of pyridine rings is 2. The molecule has 0 atom stereocenters. The molecule has 0 saturated heterocycles. The van der Waals surface area contributed by atoms with Crippen LogP contribution in [0.1, 0.15) is 99.6 Å². The van der Waals surface area contributed by atoms with Gasteiger partial charge >= 0.3 is 5.97 Å². The second-order valence-corrected chi connectivity index (χ2v) is 16.8. The van der Waals surface area contributed by atoms with E-state index in [1.165, 1.54) is 40.4 Å². The summed E-state index contributed by atoms with van der Waals surface area (Å²) < 4.78 is 8.15. The van der Waals surface area contributed by atoms with E-state index in [4.69, 9.17) is 10.8 Å². The van der Waals surface area contributed by atoms with Gasteiger partial charge in [-0.15, -0.1) is 0 Å². The maximum atomic E-state index is 12.7. The summed E-state index contributed by atoms with van der Waals surface area (Å²) in [5.41, 5.74) is 12.2. The molecule has 13 nitrogen and oxygen atoms in total. The Bertz CT molecular complexity index is 2860. The fourth-order valence-corrected chi connectivity index (χ4v) is 7.79. The van der Waals surface area contributed by atoms with Crippen LogP contribution < -0.4 is 21.9 Å². The number of aromatic carboxylic acids is 1. The molecule has 57 heavy (non-hydrogen) atoms. The number of nitrogens with one attached hydrogen (secondary N) is 5. The summed E-state index contributed by atoms with van der Waals surface area (Å²) >= 11 is 2.37. The summed E-state index contributed by atoms with van der Waals surface area (Å²) in [5, 5.41) is 14.8. The van der Waals surface area contributed by atoms with Crippen molar-refractivity contribution in [1.29, 1.82) is 0 Å². The number of fused-ring (bicyclic) bond motifs is 4. The van der Waals surface area contributed by atoms with Gasteiger partial charge in [0.05, 0.1) is 22.2 Å². The molecule has 8 rings (SSSR count). The molecule has 0 bridgehead atoms. The van der Waals surface area contributed by atoms with Gasteiger partial charge in [0.25, 0.3) is 5.91 Å². The highest BCUT2D eigenvalue weighted by molar-refractivity contribution is 7.13. The molecule has 0 unspecified atom stereocenters. The number of nitrogens with zero attached hydrogens (tertiary/aromatic N) is 2. The number of H-pyrrole nitrogens is 4. The van der Waals surface area contributed by atoms with Gasteiger partial charge in [0.15, 0.2) is 0 Å². The zero-order chi connectivity index (χ0) is 40.0. The number of hydrogen-bond acceptors (Lipinski definition) is 9. The number of carbonyl (C=O) groups excluding carboxylic acids is 1. The van der Waals surface area contributed by atoms with Crippen LogP contribution in [0.5, 0.6) is 0 Å². The van der Waals surface area contributed by atoms with Gasteiger partial charge in [-0.3, -0.25) is 14.4 Å². The monoisotopic (exact) mass is 810 g/mol. The van der Waals surface area contributed by atoms with Crippen LogP contribution in [0.25, 0.3) is 42.2 Å². The van der Waals surface area contributed by atoms with Gasteiger partial charge in [0.1, 0.15) is 20.8 Å². The van der Waals surface area contributed by atoms with Crippen molar-refractivity contribution < 1.29 is 14.7 Å². The van der Waals surface area contributed by atoms with Gasteiger partial charge in [-0.2, -0.15) is 8.75 Å². The summed E-state index contributed by atoms with van der Waals surface area (Å²) in [6.07, 6.45) is 6.72. The summed E-state index contributed by atoms with van der Waals surface area (Å²) in [6.45, 7) is 16.6. The van der Waals surface area contributed by atoms with E-state index in [2.05, 4.69) is 87.8 Å². The molecule has 1 amide bonds. The molecule has 0 aliphatic rings. The third-order valence-electron chi connectivity index (χ3n) is 9.10. The molecular weight excluding hydrogens is 761 g/mol. The van der Waals surface area contributed by atoms with Crippen molar-refractivity contribution in [3.63, 3.8) is 0 Å². The molecule has 2 aromatic carbocycles. The summed E-state index contributed by atoms with van der Waals surface area (Å²) in [6, 6.07) is 11.7. The number of nitrogens with two attached hydrogens (primary N) is 1. The molecule has 0 fully saturated rings. The molecule has 0 aliphatic heterocycles. The van der Waals surface area contributed by atoms with Crippen molar-refractivity contribution in [2.24, 2.45) is 0 Å². The number of amides is 1. The number of aryl methyl sites for hydroxylation is 2. The van der Waals surface area contributed by atoms with Crippen molar-refractivity contribution in [1.82, 2.24) is 28.7 Å². The maximum Gasteiger partial charge on any atom is 0.341 e. The van der Waals surface area contributed by atoms with Crippen LogP contribution in [0, 0.1) is 13.8 Å². The van der Waals surface area contributed by atoms with Crippen molar-refractivity contribution in [3.8, 4) is 0 Å². The second kappa shape index (κ2) is 16.6. The third kappa shape index (κ3) is 8.84. The molecule has 0 aliphatic carbocycles. The first kappa shape index (κ1) is 43.7. The number of rotatable bonds is 3. The number of carboxylic acids is 1. The van der Waals surface area contributed by atoms with Gasteiger partial charge in [-0.25, -0.2) is 4.79 Å². The summed E-state index contributed by atoms with van der Waals surface area (Å²) in [5.74, 6) is -1.66. The standard InChI is InChI=1S/C20H20N4O2S.C12H16N2.C8H6N2O3S.2CH4/c1-10-16-17(25)13(8-22-19(16)27-24-10)18(26)23-11-5-6-12-14(20(2,3)4)9-21-15(12)7-11;1-12(2,3)10-7-14-11-6-8(13)4-5-9(10)11;1-3-5-6(11)4(8(12)13)2-9-7(5)14-10-3;;/h5-9,21H,1-4H3,(H,22,25)(H,23,26);4-7,14H,13H2,1-3H3;2H,1H3,(H,9,11)(H,12,13);2*1H4. The predicted octanol–water partition coefficient (Wildman–Crippen LogP) is 9.64. The van der Waals surface area contributed by atoms with Gasteiger partial charge < -0.3 is 36.1 Å². The SMILES string of the molecule is C.C.CC(C)(C)c1c[nH]c2cc(N)ccc12.Cc1nsc2[nH]cc(C(=O)Nc3ccc4c(C(C)(C)C)c[nH]c4c3)c(=O)c12.Cc1nsc2[nH]cc(C(=O)O)c(=O)c12. The van der Waals surface area contributed by atoms with Crippen LogP contribution in [0.3, 0.4) is 0 Å². The highest BCUT2D eigenvalue weighted by atomic mass is 32.1. The van der Waals surface area contributed by atoms with Crippen LogP contribution in [0.4, 0.5) is 11.4 Å². The van der Waals surface area contributed by atoms with Gasteiger partial charge in [0, 0.05) is 58.0 Å². The number of anilines is 2. The minimum Gasteiger partial charge on any atom is -0.477 e. The largest absolute Gasteiger partial charge is 0.477 e. The molecule has 300 valence electrons. The quantitative estimate of drug-likeness (QED) is 0.0851. The van der Waals surface area contributed by atoms with Gasteiger partial charge in [-0.1, -0.05) is 68.5 Å². The fourth-order valence-electron chi connectivity index (χ4n) is 6.26. The normalized spacial score (nSPS) is 11.3. The van der Waals surface area contributed by atoms with Crippen LogP contribution in [0.15, 0.2) is 70.8 Å². The minimum atomic E-state index is -1.22. The number of carboxylic acid groups (broad SMARTS) is 1. The Hall–Kier alpha value is -6.06. The molecule has 0 saturated carbocycles. The lowest BCUT2D eigenvalue weighted by Crippen LogP contribution is -2.21. The van der Waals surface area contributed by atoms with E-state index in [-0.39, 0.29) is 42.2 Å². The van der Waals surface area contributed by atoms with E-state index >= 15 is 0 Å². The minimum absolute atomic E-state index is 0. The number of carbonyl (C=O) groups is 2. The van der Waals surface area contributed by atoms with Crippen LogP contribution in [-0.4, -0.2) is 45.7 Å². The Labute approximate surface area is 338 Å². The summed E-state index contributed by atoms with van der Waals surface area (Å²) in [7, 11) is 0. The fraction of sp³-hybridized carbons (Fsp3) is 0.286. The van der Waals surface area contributed by atoms with E-state index in [0.29, 0.717) is 37.5 Å². The average molecular weight is 811 g/mol. The number of benzene rings is 2. The second-order valence-electron chi connectivity index (χ2n) is 15.2. The smallest absolute Gasteiger partial charge is 0.341 e. The Kier molecular flexibility index (Phi) is 12.7. The van der Waals surface area contributed by atoms with Crippen molar-refractivity contribution in [2.45, 2.75) is 81.1 Å². The van der Waals surface area contributed by atoms with E-state index in [1.54, 1.807) is 13.8 Å². The number of aromatic amines is 4. The maximum absolute atomic E-state index is 12.7. The van der Waals surface area contributed by atoms with Crippen molar-refractivity contribution >= 4 is 88.6 Å².